The van der Waals surface area contributed by atoms with Crippen molar-refractivity contribution in [1.82, 2.24) is 4.98 Å². The SMILES string of the molecule is COC(=O)c1cc(O[C@@H]2CCOC2)c2nc(Br)sc2c1. The third kappa shape index (κ3) is 2.65. The molecule has 0 radical (unpaired) electrons. The Morgan fingerprint density at radius 3 is 3.10 bits per heavy atom. The first-order valence-electron chi connectivity index (χ1n) is 6.10. The smallest absolute Gasteiger partial charge is 0.338 e. The highest BCUT2D eigenvalue weighted by atomic mass is 79.9. The second kappa shape index (κ2) is 5.67. The molecule has 0 aliphatic carbocycles. The van der Waals surface area contributed by atoms with E-state index in [1.807, 2.05) is 0 Å². The Morgan fingerprint density at radius 2 is 2.40 bits per heavy atom. The summed E-state index contributed by atoms with van der Waals surface area (Å²) in [6.07, 6.45) is 0.849. The Balaban J connectivity index is 2.04. The van der Waals surface area contributed by atoms with Crippen molar-refractivity contribution < 1.29 is 19.0 Å². The molecule has 0 unspecified atom stereocenters. The van der Waals surface area contributed by atoms with Crippen molar-refractivity contribution in [3.05, 3.63) is 21.6 Å². The van der Waals surface area contributed by atoms with Gasteiger partial charge in [0.1, 0.15) is 17.4 Å². The van der Waals surface area contributed by atoms with Crippen molar-refractivity contribution in [2.24, 2.45) is 0 Å². The molecular weight excluding hydrogens is 346 g/mol. The summed E-state index contributed by atoms with van der Waals surface area (Å²) in [5, 5.41) is 0. The van der Waals surface area contributed by atoms with Gasteiger partial charge < -0.3 is 14.2 Å². The summed E-state index contributed by atoms with van der Waals surface area (Å²) in [7, 11) is 1.36. The highest BCUT2D eigenvalue weighted by Gasteiger charge is 2.21. The van der Waals surface area contributed by atoms with Crippen LogP contribution in [-0.4, -0.2) is 37.4 Å². The number of methoxy groups -OCH3 is 1. The van der Waals surface area contributed by atoms with Gasteiger partial charge in [-0.2, -0.15) is 0 Å². The topological polar surface area (TPSA) is 57.7 Å². The van der Waals surface area contributed by atoms with E-state index in [1.54, 1.807) is 12.1 Å². The van der Waals surface area contributed by atoms with E-state index in [0.717, 1.165) is 20.6 Å². The molecule has 106 valence electrons. The van der Waals surface area contributed by atoms with Crippen LogP contribution < -0.4 is 4.74 Å². The number of nitrogens with zero attached hydrogens (tertiary/aromatic N) is 1. The number of halogens is 1. The van der Waals surface area contributed by atoms with Crippen molar-refractivity contribution in [2.75, 3.05) is 20.3 Å². The van der Waals surface area contributed by atoms with E-state index in [-0.39, 0.29) is 12.1 Å². The fourth-order valence-corrected chi connectivity index (χ4v) is 3.53. The molecule has 2 aromatic rings. The number of carbonyl (C=O) groups is 1. The molecule has 1 aromatic heterocycles. The van der Waals surface area contributed by atoms with Crippen LogP contribution in [-0.2, 0) is 9.47 Å². The van der Waals surface area contributed by atoms with Gasteiger partial charge in [0.05, 0.1) is 30.6 Å². The molecule has 1 aromatic carbocycles. The summed E-state index contributed by atoms with van der Waals surface area (Å²) in [4.78, 5) is 16.1. The Hall–Kier alpha value is -1.18. The van der Waals surface area contributed by atoms with Crippen LogP contribution in [0.5, 0.6) is 5.75 Å². The monoisotopic (exact) mass is 357 g/mol. The van der Waals surface area contributed by atoms with E-state index in [9.17, 15) is 4.79 Å². The van der Waals surface area contributed by atoms with Crippen LogP contribution in [0.4, 0.5) is 0 Å². The predicted octanol–water partition coefficient (Wildman–Crippen LogP) is 3.01. The lowest BCUT2D eigenvalue weighted by atomic mass is 10.2. The maximum absolute atomic E-state index is 11.7. The van der Waals surface area contributed by atoms with E-state index in [2.05, 4.69) is 20.9 Å². The number of carbonyl (C=O) groups excluding carboxylic acids is 1. The van der Waals surface area contributed by atoms with Gasteiger partial charge in [-0.25, -0.2) is 9.78 Å². The second-order valence-electron chi connectivity index (χ2n) is 4.38. The normalized spacial score (nSPS) is 18.4. The summed E-state index contributed by atoms with van der Waals surface area (Å²) >= 11 is 4.81. The third-order valence-corrected chi connectivity index (χ3v) is 4.49. The van der Waals surface area contributed by atoms with Gasteiger partial charge in [-0.15, -0.1) is 11.3 Å². The molecule has 0 amide bonds. The lowest BCUT2D eigenvalue weighted by Gasteiger charge is -2.13. The van der Waals surface area contributed by atoms with Crippen molar-refractivity contribution in [3.8, 4) is 5.75 Å². The highest BCUT2D eigenvalue weighted by molar-refractivity contribution is 9.11. The summed E-state index contributed by atoms with van der Waals surface area (Å²) < 4.78 is 17.6. The first-order chi connectivity index (χ1) is 9.67. The Bertz CT molecular complexity index is 651. The van der Waals surface area contributed by atoms with Crippen molar-refractivity contribution >= 4 is 43.5 Å². The molecular formula is C13H12BrNO4S. The number of aromatic nitrogens is 1. The van der Waals surface area contributed by atoms with E-state index < -0.39 is 0 Å². The van der Waals surface area contributed by atoms with Gasteiger partial charge in [0, 0.05) is 6.42 Å². The van der Waals surface area contributed by atoms with E-state index in [4.69, 9.17) is 14.2 Å². The molecule has 1 aliphatic rings. The largest absolute Gasteiger partial charge is 0.486 e. The fraction of sp³-hybridized carbons (Fsp3) is 0.385. The number of benzene rings is 1. The van der Waals surface area contributed by atoms with Crippen LogP contribution in [0.25, 0.3) is 10.2 Å². The second-order valence-corrected chi connectivity index (χ2v) is 6.69. The number of fused-ring (bicyclic) bond motifs is 1. The highest BCUT2D eigenvalue weighted by Crippen LogP contribution is 2.35. The van der Waals surface area contributed by atoms with Crippen molar-refractivity contribution in [1.29, 1.82) is 0 Å². The van der Waals surface area contributed by atoms with Gasteiger partial charge in [0.25, 0.3) is 0 Å². The molecule has 5 nitrogen and oxygen atoms in total. The molecule has 1 atom stereocenters. The molecule has 1 saturated heterocycles. The van der Waals surface area contributed by atoms with Gasteiger partial charge in [-0.1, -0.05) is 0 Å². The van der Waals surface area contributed by atoms with Crippen LogP contribution in [0.15, 0.2) is 16.0 Å². The molecule has 1 fully saturated rings. The van der Waals surface area contributed by atoms with Gasteiger partial charge in [0.15, 0.2) is 3.92 Å². The molecule has 20 heavy (non-hydrogen) atoms. The minimum Gasteiger partial charge on any atom is -0.486 e. The Morgan fingerprint density at radius 1 is 1.55 bits per heavy atom. The fourth-order valence-electron chi connectivity index (χ4n) is 2.08. The Kier molecular flexibility index (Phi) is 3.91. The number of ether oxygens (including phenoxy) is 3. The molecule has 1 aliphatic heterocycles. The van der Waals surface area contributed by atoms with Gasteiger partial charge in [0.2, 0.25) is 0 Å². The lowest BCUT2D eigenvalue weighted by Crippen LogP contribution is -2.16. The quantitative estimate of drug-likeness (QED) is 0.790. The average Bonchev–Trinajstić information content (AvgIpc) is 3.06. The minimum absolute atomic E-state index is 0.00609. The summed E-state index contributed by atoms with van der Waals surface area (Å²) in [5.41, 5.74) is 1.21. The number of thiazole rings is 1. The Labute approximate surface area is 128 Å². The molecule has 0 saturated carbocycles. The third-order valence-electron chi connectivity index (χ3n) is 3.04. The standard InChI is InChI=1S/C13H12BrNO4S/c1-17-12(16)7-4-9(19-8-2-3-18-6-8)11-10(5-7)20-13(14)15-11/h4-5,8H,2-3,6H2,1H3/t8-/m1/s1. The van der Waals surface area contributed by atoms with Crippen LogP contribution in [0.3, 0.4) is 0 Å². The van der Waals surface area contributed by atoms with E-state index >= 15 is 0 Å². The molecule has 0 N–H and O–H groups in total. The first kappa shape index (κ1) is 13.8. The minimum atomic E-state index is -0.385. The zero-order valence-corrected chi connectivity index (χ0v) is 13.1. The lowest BCUT2D eigenvalue weighted by molar-refractivity contribution is 0.0600. The van der Waals surface area contributed by atoms with Crippen LogP contribution in [0.1, 0.15) is 16.8 Å². The van der Waals surface area contributed by atoms with Crippen LogP contribution >= 0.6 is 27.3 Å². The number of esters is 1. The van der Waals surface area contributed by atoms with E-state index in [0.29, 0.717) is 24.5 Å². The zero-order chi connectivity index (χ0) is 14.1. The molecule has 3 rings (SSSR count). The average molecular weight is 358 g/mol. The van der Waals surface area contributed by atoms with Crippen molar-refractivity contribution in [2.45, 2.75) is 12.5 Å². The number of hydrogen-bond acceptors (Lipinski definition) is 6. The van der Waals surface area contributed by atoms with Crippen LogP contribution in [0, 0.1) is 0 Å². The molecule has 7 heteroatoms. The van der Waals surface area contributed by atoms with Gasteiger partial charge >= 0.3 is 5.97 Å². The number of rotatable bonds is 3. The van der Waals surface area contributed by atoms with Gasteiger partial charge in [-0.05, 0) is 28.1 Å². The van der Waals surface area contributed by atoms with Gasteiger partial charge in [-0.3, -0.25) is 0 Å². The molecule has 2 heterocycles. The van der Waals surface area contributed by atoms with Crippen molar-refractivity contribution in [3.63, 3.8) is 0 Å². The predicted molar refractivity (Wildman–Crippen MR) is 78.5 cm³/mol. The maximum atomic E-state index is 11.7. The summed E-state index contributed by atoms with van der Waals surface area (Å²) in [5.74, 6) is 0.212. The maximum Gasteiger partial charge on any atom is 0.338 e. The first-order valence-corrected chi connectivity index (χ1v) is 7.71. The molecule has 0 spiro atoms. The number of hydrogen-bond donors (Lipinski definition) is 0. The zero-order valence-electron chi connectivity index (χ0n) is 10.7. The summed E-state index contributed by atoms with van der Waals surface area (Å²) in [6, 6.07) is 3.44. The van der Waals surface area contributed by atoms with Crippen LogP contribution in [0.2, 0.25) is 0 Å². The summed E-state index contributed by atoms with van der Waals surface area (Å²) in [6.45, 7) is 1.26. The molecule has 0 bridgehead atoms. The van der Waals surface area contributed by atoms with E-state index in [1.165, 1.54) is 18.4 Å².